The molecule has 118 valence electrons. The maximum atomic E-state index is 8.14. The summed E-state index contributed by atoms with van der Waals surface area (Å²) in [5.41, 5.74) is 8.14. The van der Waals surface area contributed by atoms with Gasteiger partial charge in [0.05, 0.1) is 0 Å². The van der Waals surface area contributed by atoms with Gasteiger partial charge in [0.2, 0.25) is 0 Å². The van der Waals surface area contributed by atoms with Crippen LogP contribution in [0.15, 0.2) is 5.11 Å². The Morgan fingerprint density at radius 1 is 0.600 bits per heavy atom. The molecule has 0 rings (SSSR count). The van der Waals surface area contributed by atoms with Crippen LogP contribution in [0, 0.1) is 0 Å². The van der Waals surface area contributed by atoms with Crippen LogP contribution < -0.4 is 0 Å². The molecule has 0 saturated heterocycles. The van der Waals surface area contributed by atoms with Gasteiger partial charge in [-0.2, -0.15) is 0 Å². The summed E-state index contributed by atoms with van der Waals surface area (Å²) in [5, 5.41) is 3.55. The molecule has 20 heavy (non-hydrogen) atoms. The van der Waals surface area contributed by atoms with Gasteiger partial charge in [0, 0.05) is 11.5 Å². The molecule has 0 aliphatic rings. The molecule has 0 bridgehead atoms. The first kappa shape index (κ1) is 19.3. The van der Waals surface area contributed by atoms with E-state index < -0.39 is 0 Å². The quantitative estimate of drug-likeness (QED) is 0.125. The van der Waals surface area contributed by atoms with E-state index in [1.807, 2.05) is 0 Å². The van der Waals surface area contributed by atoms with Crippen molar-refractivity contribution >= 4 is 0 Å². The molecule has 0 aromatic rings. The van der Waals surface area contributed by atoms with Crippen LogP contribution in [-0.2, 0) is 0 Å². The van der Waals surface area contributed by atoms with E-state index in [1.165, 1.54) is 89.9 Å². The van der Waals surface area contributed by atoms with E-state index in [4.69, 9.17) is 5.53 Å². The minimum absolute atomic E-state index is 0.675. The van der Waals surface area contributed by atoms with Crippen molar-refractivity contribution < 1.29 is 0 Å². The predicted octanol–water partition coefficient (Wildman–Crippen LogP) is 7.17. The van der Waals surface area contributed by atoms with E-state index in [9.17, 15) is 0 Å². The average Bonchev–Trinajstić information content (AvgIpc) is 2.47. The highest BCUT2D eigenvalue weighted by Gasteiger charge is 1.94. The van der Waals surface area contributed by atoms with Crippen LogP contribution in [0.2, 0.25) is 0 Å². The normalized spacial score (nSPS) is 10.4. The van der Waals surface area contributed by atoms with Crippen LogP contribution >= 0.6 is 0 Å². The number of rotatable bonds is 16. The van der Waals surface area contributed by atoms with Crippen LogP contribution in [0.3, 0.4) is 0 Å². The zero-order chi connectivity index (χ0) is 14.7. The Morgan fingerprint density at radius 2 is 0.950 bits per heavy atom. The molecule has 0 saturated carbocycles. The first-order chi connectivity index (χ1) is 9.91. The molecule has 3 nitrogen and oxygen atoms in total. The predicted molar refractivity (Wildman–Crippen MR) is 88.9 cm³/mol. The zero-order valence-electron chi connectivity index (χ0n) is 13.7. The van der Waals surface area contributed by atoms with Gasteiger partial charge >= 0.3 is 0 Å². The van der Waals surface area contributed by atoms with Gasteiger partial charge in [0.1, 0.15) is 0 Å². The third-order valence-corrected chi connectivity index (χ3v) is 3.92. The maximum absolute atomic E-state index is 8.14. The summed E-state index contributed by atoms with van der Waals surface area (Å²) < 4.78 is 0. The number of azide groups is 1. The SMILES string of the molecule is CCCCCCCCCCCCCCCCCN=[N+]=[N-]. The second-order valence-corrected chi connectivity index (χ2v) is 5.90. The van der Waals surface area contributed by atoms with Crippen molar-refractivity contribution in [1.82, 2.24) is 0 Å². The van der Waals surface area contributed by atoms with Crippen molar-refractivity contribution in [2.24, 2.45) is 5.11 Å². The fourth-order valence-electron chi connectivity index (χ4n) is 2.60. The molecule has 0 aliphatic carbocycles. The van der Waals surface area contributed by atoms with E-state index in [-0.39, 0.29) is 0 Å². The second kappa shape index (κ2) is 18.3. The van der Waals surface area contributed by atoms with Crippen molar-refractivity contribution in [1.29, 1.82) is 0 Å². The van der Waals surface area contributed by atoms with Crippen LogP contribution in [-0.4, -0.2) is 6.54 Å². The molecule has 0 aromatic heterocycles. The van der Waals surface area contributed by atoms with E-state index in [1.54, 1.807) is 0 Å². The number of nitrogens with zero attached hydrogens (tertiary/aromatic N) is 3. The molecule has 3 heteroatoms. The number of unbranched alkanes of at least 4 members (excludes halogenated alkanes) is 14. The Hall–Kier alpha value is -0.690. The lowest BCUT2D eigenvalue weighted by molar-refractivity contribution is 0.533. The first-order valence-electron chi connectivity index (χ1n) is 8.92. The van der Waals surface area contributed by atoms with Crippen molar-refractivity contribution in [3.8, 4) is 0 Å². The van der Waals surface area contributed by atoms with Gasteiger partial charge < -0.3 is 0 Å². The minimum atomic E-state index is 0.675. The van der Waals surface area contributed by atoms with E-state index in [2.05, 4.69) is 16.9 Å². The zero-order valence-corrected chi connectivity index (χ0v) is 13.7. The summed E-state index contributed by atoms with van der Waals surface area (Å²) in [7, 11) is 0. The molecular weight excluding hydrogens is 246 g/mol. The van der Waals surface area contributed by atoms with E-state index in [0.29, 0.717) is 6.54 Å². The van der Waals surface area contributed by atoms with E-state index in [0.717, 1.165) is 6.42 Å². The monoisotopic (exact) mass is 281 g/mol. The fraction of sp³-hybridized carbons (Fsp3) is 1.00. The highest BCUT2D eigenvalue weighted by molar-refractivity contribution is 4.51. The van der Waals surface area contributed by atoms with Crippen LogP contribution in [0.4, 0.5) is 0 Å². The van der Waals surface area contributed by atoms with Gasteiger partial charge in [-0.3, -0.25) is 0 Å². The lowest BCUT2D eigenvalue weighted by Gasteiger charge is -2.03. The lowest BCUT2D eigenvalue weighted by atomic mass is 10.0. The maximum Gasteiger partial charge on any atom is 0.0257 e. The molecule has 0 atom stereocenters. The average molecular weight is 281 g/mol. The Labute approximate surface area is 126 Å². The highest BCUT2D eigenvalue weighted by Crippen LogP contribution is 2.13. The van der Waals surface area contributed by atoms with Gasteiger partial charge in [0.25, 0.3) is 0 Å². The number of hydrogen-bond donors (Lipinski definition) is 0. The topological polar surface area (TPSA) is 48.8 Å². The lowest BCUT2D eigenvalue weighted by Crippen LogP contribution is -1.84. The number of hydrogen-bond acceptors (Lipinski definition) is 1. The van der Waals surface area contributed by atoms with Crippen molar-refractivity contribution in [3.63, 3.8) is 0 Å². The summed E-state index contributed by atoms with van der Waals surface area (Å²) >= 11 is 0. The summed E-state index contributed by atoms with van der Waals surface area (Å²) in [5.74, 6) is 0. The second-order valence-electron chi connectivity index (χ2n) is 5.90. The molecule has 0 amide bonds. The van der Waals surface area contributed by atoms with Crippen LogP contribution in [0.1, 0.15) is 103 Å². The van der Waals surface area contributed by atoms with Gasteiger partial charge in [-0.1, -0.05) is 102 Å². The Bertz CT molecular complexity index is 222. The molecule has 0 fully saturated rings. The first-order valence-corrected chi connectivity index (χ1v) is 8.92. The molecule has 0 aromatic carbocycles. The van der Waals surface area contributed by atoms with Crippen LogP contribution in [0.5, 0.6) is 0 Å². The summed E-state index contributed by atoms with van der Waals surface area (Å²) in [6, 6.07) is 0. The third kappa shape index (κ3) is 17.3. The Balaban J connectivity index is 2.94. The van der Waals surface area contributed by atoms with Gasteiger partial charge in [-0.15, -0.1) is 0 Å². The highest BCUT2D eigenvalue weighted by atomic mass is 15.1. The summed E-state index contributed by atoms with van der Waals surface area (Å²) in [6.07, 6.45) is 20.6. The molecule has 0 heterocycles. The van der Waals surface area contributed by atoms with Gasteiger partial charge in [0.15, 0.2) is 0 Å². The summed E-state index contributed by atoms with van der Waals surface area (Å²) in [4.78, 5) is 2.76. The Kier molecular flexibility index (Phi) is 17.7. The molecule has 0 unspecified atom stereocenters. The van der Waals surface area contributed by atoms with Gasteiger partial charge in [-0.25, -0.2) is 0 Å². The smallest absolute Gasteiger partial charge is 0.0257 e. The van der Waals surface area contributed by atoms with Gasteiger partial charge in [-0.05, 0) is 12.0 Å². The fourth-order valence-corrected chi connectivity index (χ4v) is 2.60. The van der Waals surface area contributed by atoms with Crippen molar-refractivity contribution in [3.05, 3.63) is 10.4 Å². The Morgan fingerprint density at radius 3 is 1.30 bits per heavy atom. The largest absolute Gasteiger partial charge is 0.0940 e. The van der Waals surface area contributed by atoms with Crippen molar-refractivity contribution in [2.75, 3.05) is 6.54 Å². The molecular formula is C17H35N3. The minimum Gasteiger partial charge on any atom is -0.0940 e. The molecule has 0 N–H and O–H groups in total. The third-order valence-electron chi connectivity index (χ3n) is 3.92. The molecule has 0 spiro atoms. The van der Waals surface area contributed by atoms with E-state index >= 15 is 0 Å². The summed E-state index contributed by atoms with van der Waals surface area (Å²) in [6.45, 7) is 2.95. The van der Waals surface area contributed by atoms with Crippen molar-refractivity contribution in [2.45, 2.75) is 103 Å². The van der Waals surface area contributed by atoms with Crippen LogP contribution in [0.25, 0.3) is 10.4 Å². The molecule has 0 radical (unpaired) electrons. The standard InChI is InChI=1S/C17H35N3/c1-2-3-4-5-6-7-8-9-10-11-12-13-14-15-16-17-19-20-18/h2-17H2,1H3. The molecule has 0 aliphatic heterocycles.